The summed E-state index contributed by atoms with van der Waals surface area (Å²) in [4.78, 5) is 37.3. The van der Waals surface area contributed by atoms with E-state index in [1.165, 1.54) is 7.11 Å². The zero-order valence-corrected chi connectivity index (χ0v) is 18.8. The van der Waals surface area contributed by atoms with E-state index in [1.54, 1.807) is 19.9 Å². The first kappa shape index (κ1) is 23.4. The highest BCUT2D eigenvalue weighted by Crippen LogP contribution is 2.52. The normalized spacial score (nSPS) is 28.4. The van der Waals surface area contributed by atoms with Gasteiger partial charge in [-0.25, -0.2) is 4.79 Å². The third-order valence-electron chi connectivity index (χ3n) is 6.18. The standard InChI is InChI=1S/C19H32O7Si/c1-17(2,3)27(8,9)26-13-11-10-12-18(4,14(20)23-6)19(13,5)15(21)25-16(22)24-7/h10-11,13H,12H2,1-9H3/t13-,18-,19+/m1/s1. The Hall–Kier alpha value is -1.67. The lowest BCUT2D eigenvalue weighted by atomic mass is 9.58. The van der Waals surface area contributed by atoms with Gasteiger partial charge in [0, 0.05) is 0 Å². The van der Waals surface area contributed by atoms with Gasteiger partial charge in [-0.05, 0) is 38.4 Å². The summed E-state index contributed by atoms with van der Waals surface area (Å²) in [6.45, 7) is 13.5. The van der Waals surface area contributed by atoms with Crippen molar-refractivity contribution in [1.82, 2.24) is 0 Å². The summed E-state index contributed by atoms with van der Waals surface area (Å²) in [7, 11) is 0.0684. The minimum atomic E-state index is -2.31. The van der Waals surface area contributed by atoms with Gasteiger partial charge in [-0.2, -0.15) is 0 Å². The first-order valence-corrected chi connectivity index (χ1v) is 11.8. The number of rotatable bonds is 4. The molecule has 0 spiro atoms. The van der Waals surface area contributed by atoms with Crippen LogP contribution in [0.5, 0.6) is 0 Å². The first-order valence-electron chi connectivity index (χ1n) is 8.90. The molecule has 0 saturated heterocycles. The van der Waals surface area contributed by atoms with Gasteiger partial charge < -0.3 is 18.6 Å². The molecule has 0 bridgehead atoms. The Bertz CT molecular complexity index is 634. The lowest BCUT2D eigenvalue weighted by Crippen LogP contribution is -2.61. The van der Waals surface area contributed by atoms with Crippen LogP contribution in [0.15, 0.2) is 12.2 Å². The molecule has 0 aromatic heterocycles. The Labute approximate surface area is 162 Å². The van der Waals surface area contributed by atoms with Gasteiger partial charge in [0.25, 0.3) is 0 Å². The Morgan fingerprint density at radius 2 is 1.59 bits per heavy atom. The van der Waals surface area contributed by atoms with Crippen LogP contribution in [-0.4, -0.2) is 46.7 Å². The number of carbonyl (C=O) groups excluding carboxylic acids is 3. The summed E-state index contributed by atoms with van der Waals surface area (Å²) in [5.41, 5.74) is -2.74. The Morgan fingerprint density at radius 3 is 2.04 bits per heavy atom. The van der Waals surface area contributed by atoms with Crippen LogP contribution in [-0.2, 0) is 28.2 Å². The highest BCUT2D eigenvalue weighted by molar-refractivity contribution is 6.74. The molecular weight excluding hydrogens is 368 g/mol. The molecule has 3 atom stereocenters. The van der Waals surface area contributed by atoms with E-state index in [0.29, 0.717) is 0 Å². The molecule has 0 aromatic rings. The second kappa shape index (κ2) is 7.75. The number of esters is 2. The van der Waals surface area contributed by atoms with E-state index in [0.717, 1.165) is 7.11 Å². The highest BCUT2D eigenvalue weighted by atomic mass is 28.4. The fraction of sp³-hybridized carbons (Fsp3) is 0.737. The number of hydrogen-bond acceptors (Lipinski definition) is 7. The topological polar surface area (TPSA) is 88.1 Å². The molecule has 0 aromatic carbocycles. The van der Waals surface area contributed by atoms with Gasteiger partial charge in [-0.3, -0.25) is 9.59 Å². The van der Waals surface area contributed by atoms with Crippen molar-refractivity contribution in [3.05, 3.63) is 12.2 Å². The third kappa shape index (κ3) is 4.11. The SMILES string of the molecule is COC(=O)OC(=O)[C@]1(C)[C@H](O[Si](C)(C)C(C)(C)C)C=CC[C@]1(C)C(=O)OC. The molecule has 27 heavy (non-hydrogen) atoms. The lowest BCUT2D eigenvalue weighted by molar-refractivity contribution is -0.182. The molecule has 7 nitrogen and oxygen atoms in total. The second-order valence-electron chi connectivity index (χ2n) is 8.80. The maximum atomic E-state index is 13.0. The molecule has 0 unspecified atom stereocenters. The van der Waals surface area contributed by atoms with E-state index in [-0.39, 0.29) is 11.5 Å². The van der Waals surface area contributed by atoms with E-state index < -0.39 is 43.3 Å². The maximum Gasteiger partial charge on any atom is 0.515 e. The lowest BCUT2D eigenvalue weighted by Gasteiger charge is -2.50. The Kier molecular flexibility index (Phi) is 6.71. The van der Waals surface area contributed by atoms with Crippen molar-refractivity contribution in [1.29, 1.82) is 0 Å². The molecule has 1 aliphatic carbocycles. The summed E-state index contributed by atoms with van der Waals surface area (Å²) in [6.07, 6.45) is 1.94. The van der Waals surface area contributed by atoms with E-state index in [2.05, 4.69) is 38.6 Å². The number of methoxy groups -OCH3 is 2. The van der Waals surface area contributed by atoms with Crippen molar-refractivity contribution < 1.29 is 33.0 Å². The van der Waals surface area contributed by atoms with Crippen LogP contribution < -0.4 is 0 Å². The molecular formula is C19H32O7Si. The molecule has 0 aliphatic heterocycles. The number of allylic oxidation sites excluding steroid dienone is 1. The van der Waals surface area contributed by atoms with Crippen LogP contribution in [0.25, 0.3) is 0 Å². The quantitative estimate of drug-likeness (QED) is 0.307. The average Bonchev–Trinajstić information content (AvgIpc) is 2.56. The summed E-state index contributed by atoms with van der Waals surface area (Å²) < 4.78 is 20.8. The van der Waals surface area contributed by atoms with Crippen molar-refractivity contribution in [3.8, 4) is 0 Å². The van der Waals surface area contributed by atoms with Gasteiger partial charge in [-0.1, -0.05) is 32.9 Å². The second-order valence-corrected chi connectivity index (χ2v) is 13.6. The van der Waals surface area contributed by atoms with Crippen molar-refractivity contribution in [2.75, 3.05) is 14.2 Å². The summed E-state index contributed by atoms with van der Waals surface area (Å²) >= 11 is 0. The predicted octanol–water partition coefficient (Wildman–Crippen LogP) is 3.83. The first-order chi connectivity index (χ1) is 12.2. The minimum Gasteiger partial charge on any atom is -0.469 e. The van der Waals surface area contributed by atoms with Crippen molar-refractivity contribution in [2.45, 2.75) is 65.3 Å². The summed E-state index contributed by atoms with van der Waals surface area (Å²) in [5, 5.41) is -0.118. The molecule has 1 aliphatic rings. The molecule has 0 fully saturated rings. The van der Waals surface area contributed by atoms with Crippen molar-refractivity contribution in [2.24, 2.45) is 10.8 Å². The van der Waals surface area contributed by atoms with Gasteiger partial charge in [0.15, 0.2) is 8.32 Å². The molecule has 1 rings (SSSR count). The Morgan fingerprint density at radius 1 is 1.04 bits per heavy atom. The zero-order valence-electron chi connectivity index (χ0n) is 17.8. The number of ether oxygens (including phenoxy) is 3. The highest BCUT2D eigenvalue weighted by Gasteiger charge is 2.63. The van der Waals surface area contributed by atoms with Gasteiger partial charge in [0.1, 0.15) is 5.41 Å². The van der Waals surface area contributed by atoms with E-state index in [4.69, 9.17) is 13.9 Å². The van der Waals surface area contributed by atoms with E-state index in [1.807, 2.05) is 6.08 Å². The fourth-order valence-electron chi connectivity index (χ4n) is 2.88. The fourth-order valence-corrected chi connectivity index (χ4v) is 4.19. The summed E-state index contributed by atoms with van der Waals surface area (Å²) in [5.74, 6) is -1.45. The van der Waals surface area contributed by atoms with E-state index >= 15 is 0 Å². The van der Waals surface area contributed by atoms with Crippen LogP contribution in [0, 0.1) is 10.8 Å². The Balaban J connectivity index is 3.49. The van der Waals surface area contributed by atoms with Gasteiger partial charge in [0.05, 0.1) is 25.7 Å². The van der Waals surface area contributed by atoms with Gasteiger partial charge >= 0.3 is 18.1 Å². The minimum absolute atomic E-state index is 0.118. The van der Waals surface area contributed by atoms with Crippen LogP contribution in [0.1, 0.15) is 41.0 Å². The molecule has 154 valence electrons. The monoisotopic (exact) mass is 400 g/mol. The third-order valence-corrected chi connectivity index (χ3v) is 10.6. The molecule has 0 heterocycles. The average molecular weight is 401 g/mol. The smallest absolute Gasteiger partial charge is 0.469 e. The van der Waals surface area contributed by atoms with E-state index in [9.17, 15) is 14.4 Å². The van der Waals surface area contributed by atoms with Gasteiger partial charge in [-0.15, -0.1) is 0 Å². The van der Waals surface area contributed by atoms with Gasteiger partial charge in [0.2, 0.25) is 0 Å². The maximum absolute atomic E-state index is 13.0. The predicted molar refractivity (Wildman–Crippen MR) is 103 cm³/mol. The molecule has 0 radical (unpaired) electrons. The van der Waals surface area contributed by atoms with Crippen molar-refractivity contribution >= 4 is 26.4 Å². The molecule has 8 heteroatoms. The molecule has 0 N–H and O–H groups in total. The van der Waals surface area contributed by atoms with Crippen molar-refractivity contribution in [3.63, 3.8) is 0 Å². The largest absolute Gasteiger partial charge is 0.515 e. The zero-order chi connectivity index (χ0) is 21.3. The van der Waals surface area contributed by atoms with Crippen LogP contribution in [0.4, 0.5) is 4.79 Å². The van der Waals surface area contributed by atoms with Crippen LogP contribution >= 0.6 is 0 Å². The summed E-state index contributed by atoms with van der Waals surface area (Å²) in [6, 6.07) is 0. The number of carbonyl (C=O) groups is 3. The molecule has 0 saturated carbocycles. The van der Waals surface area contributed by atoms with Crippen LogP contribution in [0.3, 0.4) is 0 Å². The molecule has 0 amide bonds. The number of hydrogen-bond donors (Lipinski definition) is 0. The van der Waals surface area contributed by atoms with Crippen LogP contribution in [0.2, 0.25) is 18.1 Å².